The van der Waals surface area contributed by atoms with E-state index in [1.807, 2.05) is 24.3 Å². The molecule has 2 aliphatic carbocycles. The first-order valence-electron chi connectivity index (χ1n) is 14.2. The number of carbonyl (C=O) groups is 1. The van der Waals surface area contributed by atoms with Crippen molar-refractivity contribution >= 4 is 5.91 Å². The summed E-state index contributed by atoms with van der Waals surface area (Å²) in [6.07, 6.45) is 5.13. The number of hydrogen-bond donors (Lipinski definition) is 3. The standard InChI is InChI=1S/C33H38F2N2O2/c1-2-21-5-3-6-23(11-21)19-36-20-32(38)31(16-24-13-28(34)18-29(35)14-24)37-33(39)27-8-4-7-25(17-27)30-15-22-9-10-26(30)12-22/h3-8,11,13-14,17-18,22,26,30-32,36,38H,2,9-10,12,15-16,19-20H2,1H3,(H,37,39)/t22?,26?,30?,31-,32+/m0/s1. The summed E-state index contributed by atoms with van der Waals surface area (Å²) in [7, 11) is 0. The molecule has 2 saturated carbocycles. The third-order valence-corrected chi connectivity index (χ3v) is 8.56. The van der Waals surface area contributed by atoms with Crippen molar-refractivity contribution in [1.82, 2.24) is 10.6 Å². The van der Waals surface area contributed by atoms with E-state index in [-0.39, 0.29) is 18.9 Å². The fourth-order valence-electron chi connectivity index (χ4n) is 6.55. The predicted molar refractivity (Wildman–Crippen MR) is 149 cm³/mol. The number of aliphatic hydroxyl groups is 1. The van der Waals surface area contributed by atoms with Crippen LogP contribution < -0.4 is 10.6 Å². The van der Waals surface area contributed by atoms with E-state index in [2.05, 4.69) is 35.8 Å². The molecule has 3 aromatic carbocycles. The number of aliphatic hydroxyl groups excluding tert-OH is 1. The second-order valence-corrected chi connectivity index (χ2v) is 11.3. The average Bonchev–Trinajstić information content (AvgIpc) is 3.56. The highest BCUT2D eigenvalue weighted by atomic mass is 19.1. The largest absolute Gasteiger partial charge is 0.390 e. The fourth-order valence-corrected chi connectivity index (χ4v) is 6.55. The zero-order chi connectivity index (χ0) is 27.4. The van der Waals surface area contributed by atoms with Gasteiger partial charge in [-0.05, 0) is 96.4 Å². The number of aryl methyl sites for hydroxylation is 1. The van der Waals surface area contributed by atoms with Gasteiger partial charge in [0.05, 0.1) is 12.1 Å². The first kappa shape index (κ1) is 27.5. The molecule has 39 heavy (non-hydrogen) atoms. The highest BCUT2D eigenvalue weighted by Crippen LogP contribution is 2.52. The molecule has 4 nitrogen and oxygen atoms in total. The monoisotopic (exact) mass is 532 g/mol. The minimum Gasteiger partial charge on any atom is -0.390 e. The van der Waals surface area contributed by atoms with Crippen molar-refractivity contribution in [3.63, 3.8) is 0 Å². The van der Waals surface area contributed by atoms with Crippen molar-refractivity contribution in [2.45, 2.75) is 70.1 Å². The van der Waals surface area contributed by atoms with E-state index in [1.54, 1.807) is 6.07 Å². The summed E-state index contributed by atoms with van der Waals surface area (Å²) >= 11 is 0. The Balaban J connectivity index is 1.28. The van der Waals surface area contributed by atoms with Crippen molar-refractivity contribution in [2.75, 3.05) is 6.54 Å². The van der Waals surface area contributed by atoms with Crippen LogP contribution in [0.1, 0.15) is 71.1 Å². The highest BCUT2D eigenvalue weighted by Gasteiger charge is 2.40. The van der Waals surface area contributed by atoms with Gasteiger partial charge in [-0.2, -0.15) is 0 Å². The van der Waals surface area contributed by atoms with E-state index in [1.165, 1.54) is 48.9 Å². The smallest absolute Gasteiger partial charge is 0.251 e. The Hall–Kier alpha value is -3.09. The van der Waals surface area contributed by atoms with E-state index < -0.39 is 23.8 Å². The van der Waals surface area contributed by atoms with Crippen molar-refractivity contribution in [3.05, 3.63) is 106 Å². The SMILES string of the molecule is CCc1cccc(CNC[C@@H](O)[C@H](Cc2cc(F)cc(F)c2)NC(=O)c2cccc(C3CC4CCC3C4)c2)c1. The third kappa shape index (κ3) is 6.92. The summed E-state index contributed by atoms with van der Waals surface area (Å²) in [5, 5.41) is 17.3. The van der Waals surface area contributed by atoms with Gasteiger partial charge in [-0.3, -0.25) is 4.79 Å². The summed E-state index contributed by atoms with van der Waals surface area (Å²) < 4.78 is 27.8. The Kier molecular flexibility index (Phi) is 8.73. The van der Waals surface area contributed by atoms with Crippen molar-refractivity contribution in [3.8, 4) is 0 Å². The first-order valence-corrected chi connectivity index (χ1v) is 14.2. The van der Waals surface area contributed by atoms with Crippen LogP contribution in [0.3, 0.4) is 0 Å². The van der Waals surface area contributed by atoms with Crippen LogP contribution in [-0.4, -0.2) is 29.7 Å². The molecule has 3 aromatic rings. The summed E-state index contributed by atoms with van der Waals surface area (Å²) in [6.45, 7) is 2.88. The zero-order valence-electron chi connectivity index (χ0n) is 22.5. The molecular formula is C33H38F2N2O2. The molecule has 0 saturated heterocycles. The Morgan fingerprint density at radius 3 is 2.44 bits per heavy atom. The second-order valence-electron chi connectivity index (χ2n) is 11.3. The van der Waals surface area contributed by atoms with Crippen molar-refractivity contribution < 1.29 is 18.7 Å². The van der Waals surface area contributed by atoms with Crippen LogP contribution in [0.25, 0.3) is 0 Å². The molecule has 2 fully saturated rings. The zero-order valence-corrected chi connectivity index (χ0v) is 22.5. The molecular weight excluding hydrogens is 494 g/mol. The number of fused-ring (bicyclic) bond motifs is 2. The number of amides is 1. The molecule has 6 heteroatoms. The number of hydrogen-bond acceptors (Lipinski definition) is 3. The maximum absolute atomic E-state index is 13.9. The second kappa shape index (κ2) is 12.4. The van der Waals surface area contributed by atoms with Gasteiger partial charge in [-0.1, -0.05) is 49.7 Å². The van der Waals surface area contributed by atoms with Crippen LogP contribution in [0.2, 0.25) is 0 Å². The van der Waals surface area contributed by atoms with E-state index in [4.69, 9.17) is 0 Å². The molecule has 5 atom stereocenters. The Labute approximate surface area is 229 Å². The predicted octanol–water partition coefficient (Wildman–Crippen LogP) is 5.92. The molecule has 1 amide bonds. The molecule has 0 spiro atoms. The van der Waals surface area contributed by atoms with E-state index >= 15 is 0 Å². The van der Waals surface area contributed by atoms with Crippen molar-refractivity contribution in [2.24, 2.45) is 11.8 Å². The molecule has 0 aromatic heterocycles. The highest BCUT2D eigenvalue weighted by molar-refractivity contribution is 5.94. The van der Waals surface area contributed by atoms with Gasteiger partial charge >= 0.3 is 0 Å². The molecule has 2 aliphatic rings. The number of benzene rings is 3. The summed E-state index contributed by atoms with van der Waals surface area (Å²) in [5.74, 6) is 0.352. The molecule has 0 heterocycles. The van der Waals surface area contributed by atoms with Gasteiger partial charge in [-0.15, -0.1) is 0 Å². The summed E-state index contributed by atoms with van der Waals surface area (Å²) in [4.78, 5) is 13.4. The number of rotatable bonds is 11. The topological polar surface area (TPSA) is 61.4 Å². The van der Waals surface area contributed by atoms with Gasteiger partial charge in [0.25, 0.3) is 5.91 Å². The van der Waals surface area contributed by atoms with Gasteiger partial charge in [0.2, 0.25) is 0 Å². The number of carbonyl (C=O) groups excluding carboxylic acids is 1. The molecule has 2 bridgehead atoms. The Morgan fingerprint density at radius 1 is 0.949 bits per heavy atom. The summed E-state index contributed by atoms with van der Waals surface area (Å²) in [6, 6.07) is 18.6. The quantitative estimate of drug-likeness (QED) is 0.287. The number of nitrogens with one attached hydrogen (secondary N) is 2. The van der Waals surface area contributed by atoms with Crippen LogP contribution in [0.5, 0.6) is 0 Å². The van der Waals surface area contributed by atoms with Crippen LogP contribution >= 0.6 is 0 Å². The molecule has 5 rings (SSSR count). The lowest BCUT2D eigenvalue weighted by molar-refractivity contribution is 0.0829. The molecule has 206 valence electrons. The van der Waals surface area contributed by atoms with Gasteiger partial charge in [0.1, 0.15) is 11.6 Å². The van der Waals surface area contributed by atoms with E-state index in [0.717, 1.165) is 24.0 Å². The molecule has 3 unspecified atom stereocenters. The van der Waals surface area contributed by atoms with Gasteiger partial charge < -0.3 is 15.7 Å². The maximum atomic E-state index is 13.9. The Bertz CT molecular complexity index is 1280. The fraction of sp³-hybridized carbons (Fsp3) is 0.424. The van der Waals surface area contributed by atoms with Crippen LogP contribution in [-0.2, 0) is 19.4 Å². The molecule has 3 N–H and O–H groups in total. The van der Waals surface area contributed by atoms with E-state index in [9.17, 15) is 18.7 Å². The minimum atomic E-state index is -0.969. The average molecular weight is 533 g/mol. The lowest BCUT2D eigenvalue weighted by Crippen LogP contribution is -2.48. The summed E-state index contributed by atoms with van der Waals surface area (Å²) in [5.41, 5.74) is 4.47. The van der Waals surface area contributed by atoms with Crippen LogP contribution in [0.15, 0.2) is 66.7 Å². The van der Waals surface area contributed by atoms with Gasteiger partial charge in [0, 0.05) is 24.7 Å². The lowest BCUT2D eigenvalue weighted by atomic mass is 9.83. The minimum absolute atomic E-state index is 0.0979. The first-order chi connectivity index (χ1) is 18.9. The van der Waals surface area contributed by atoms with Crippen LogP contribution in [0, 0.1) is 23.5 Å². The third-order valence-electron chi connectivity index (χ3n) is 8.56. The number of halogens is 2. The van der Waals surface area contributed by atoms with Crippen molar-refractivity contribution in [1.29, 1.82) is 0 Å². The lowest BCUT2D eigenvalue weighted by Gasteiger charge is -2.26. The Morgan fingerprint density at radius 2 is 1.72 bits per heavy atom. The van der Waals surface area contributed by atoms with Gasteiger partial charge in [-0.25, -0.2) is 8.78 Å². The van der Waals surface area contributed by atoms with Gasteiger partial charge in [0.15, 0.2) is 0 Å². The van der Waals surface area contributed by atoms with Crippen LogP contribution in [0.4, 0.5) is 8.78 Å². The van der Waals surface area contributed by atoms with E-state index in [0.29, 0.717) is 29.5 Å². The maximum Gasteiger partial charge on any atom is 0.251 e. The normalized spacial score (nSPS) is 21.6. The molecule has 0 aliphatic heterocycles. The molecule has 0 radical (unpaired) electrons.